The minimum Gasteiger partial charge on any atom is -1.00 e. The second-order valence-corrected chi connectivity index (χ2v) is 2.23. The maximum Gasteiger partial charge on any atom is 1.00 e. The molecule has 0 spiro atoms. The third-order valence-corrected chi connectivity index (χ3v) is 1.29. The average Bonchev–Trinajstić information content (AvgIpc) is 1.88. The summed E-state index contributed by atoms with van der Waals surface area (Å²) in [7, 11) is 0. The van der Waals surface area contributed by atoms with Gasteiger partial charge in [-0.25, -0.2) is 0 Å². The van der Waals surface area contributed by atoms with Crippen molar-refractivity contribution >= 4 is 5.97 Å². The first-order valence-electron chi connectivity index (χ1n) is 3.37. The summed E-state index contributed by atoms with van der Waals surface area (Å²) >= 11 is 0. The minimum absolute atomic E-state index is 0. The van der Waals surface area contributed by atoms with E-state index in [1.165, 1.54) is 0 Å². The van der Waals surface area contributed by atoms with Gasteiger partial charge in [0.05, 0.1) is 0 Å². The van der Waals surface area contributed by atoms with Crippen LogP contribution in [0.1, 0.15) is 22.1 Å². The van der Waals surface area contributed by atoms with Crippen LogP contribution in [0.3, 0.4) is 0 Å². The molecule has 0 aromatic carbocycles. The summed E-state index contributed by atoms with van der Waals surface area (Å²) in [6.07, 6.45) is 2.16. The van der Waals surface area contributed by atoms with Crippen molar-refractivity contribution in [1.82, 2.24) is 0 Å². The van der Waals surface area contributed by atoms with Gasteiger partial charge in [0, 0.05) is 0 Å². The molecule has 0 rings (SSSR count). The van der Waals surface area contributed by atoms with E-state index < -0.39 is 12.0 Å². The van der Waals surface area contributed by atoms with Crippen LogP contribution in [0.25, 0.3) is 0 Å². The Hall–Kier alpha value is 2.03. The van der Waals surface area contributed by atoms with Crippen LogP contribution in [0.2, 0.25) is 0 Å². The van der Waals surface area contributed by atoms with Crippen LogP contribution in [0.5, 0.6) is 0 Å². The van der Waals surface area contributed by atoms with Crippen molar-refractivity contribution in [2.75, 3.05) is 6.54 Å². The standard InChI is InChI=1S/C6H14N2O2.K.Na.2H/c7-4-2-1-3-5(8)6(9)10;;;;/h5H,1-4,7-8H2,(H,9,10);;;;/q;2*+1;2*-1/t5-;;;;/m0..../s1. The summed E-state index contributed by atoms with van der Waals surface area (Å²) in [5, 5.41) is 8.33. The summed E-state index contributed by atoms with van der Waals surface area (Å²) in [4.78, 5) is 10.1. The molecule has 0 aromatic rings. The van der Waals surface area contributed by atoms with E-state index in [9.17, 15) is 4.79 Å². The molecule has 0 amide bonds. The number of nitrogens with two attached hydrogens (primary N) is 2. The predicted molar refractivity (Wildman–Crippen MR) is 40.7 cm³/mol. The third kappa shape index (κ3) is 12.0. The van der Waals surface area contributed by atoms with Gasteiger partial charge in [0.2, 0.25) is 0 Å². The van der Waals surface area contributed by atoms with Gasteiger partial charge >= 0.3 is 86.9 Å². The van der Waals surface area contributed by atoms with E-state index in [4.69, 9.17) is 16.6 Å². The fourth-order valence-electron chi connectivity index (χ4n) is 0.632. The number of hydrogen-bond acceptors (Lipinski definition) is 3. The quantitative estimate of drug-likeness (QED) is 0.311. The summed E-state index contributed by atoms with van der Waals surface area (Å²) in [5.41, 5.74) is 10.4. The molecule has 64 valence electrons. The normalized spacial score (nSPS) is 10.8. The molecule has 0 aromatic heterocycles. The fraction of sp³-hybridized carbons (Fsp3) is 0.833. The van der Waals surface area contributed by atoms with Gasteiger partial charge < -0.3 is 19.4 Å². The first kappa shape index (κ1) is 19.6. The molecule has 0 radical (unpaired) electrons. The molecule has 0 fully saturated rings. The van der Waals surface area contributed by atoms with Crippen LogP contribution < -0.4 is 92.4 Å². The zero-order chi connectivity index (χ0) is 7.98. The minimum atomic E-state index is -0.933. The second-order valence-electron chi connectivity index (χ2n) is 2.23. The average molecular weight is 210 g/mol. The maximum absolute atomic E-state index is 10.1. The van der Waals surface area contributed by atoms with E-state index in [2.05, 4.69) is 0 Å². The van der Waals surface area contributed by atoms with Crippen molar-refractivity contribution in [2.45, 2.75) is 25.3 Å². The number of hydrogen-bond donors (Lipinski definition) is 3. The predicted octanol–water partition coefficient (Wildman–Crippen LogP) is -6.24. The van der Waals surface area contributed by atoms with Crippen molar-refractivity contribution in [2.24, 2.45) is 11.5 Å². The Morgan fingerprint density at radius 1 is 1.50 bits per heavy atom. The van der Waals surface area contributed by atoms with Gasteiger partial charge in [-0.15, -0.1) is 0 Å². The molecule has 12 heavy (non-hydrogen) atoms. The van der Waals surface area contributed by atoms with Crippen LogP contribution in [-0.4, -0.2) is 23.7 Å². The molecule has 5 N–H and O–H groups in total. The number of carboxylic acids is 1. The Labute approximate surface area is 141 Å². The number of carboxylic acid groups (broad SMARTS) is 1. The number of unbranched alkanes of at least 4 members (excludes halogenated alkanes) is 1. The monoisotopic (exact) mass is 210 g/mol. The maximum atomic E-state index is 10.1. The first-order chi connectivity index (χ1) is 4.68. The van der Waals surface area contributed by atoms with Gasteiger partial charge in [0.1, 0.15) is 6.04 Å². The van der Waals surface area contributed by atoms with Crippen LogP contribution in [0.4, 0.5) is 0 Å². The van der Waals surface area contributed by atoms with Gasteiger partial charge in [0.25, 0.3) is 0 Å². The third-order valence-electron chi connectivity index (χ3n) is 1.29. The zero-order valence-electron chi connectivity index (χ0n) is 9.92. The largest absolute Gasteiger partial charge is 1.00 e. The summed E-state index contributed by atoms with van der Waals surface area (Å²) in [5.74, 6) is -0.933. The Balaban J connectivity index is -0.0000000675. The van der Waals surface area contributed by atoms with Crippen LogP contribution in [0.15, 0.2) is 0 Å². The number of rotatable bonds is 5. The summed E-state index contributed by atoms with van der Waals surface area (Å²) in [6.45, 7) is 0.604. The van der Waals surface area contributed by atoms with Crippen molar-refractivity contribution in [1.29, 1.82) is 0 Å². The topological polar surface area (TPSA) is 89.3 Å². The molecule has 4 nitrogen and oxygen atoms in total. The van der Waals surface area contributed by atoms with Gasteiger partial charge in [0.15, 0.2) is 0 Å². The first-order valence-corrected chi connectivity index (χ1v) is 3.37. The molecule has 0 saturated heterocycles. The molecule has 0 saturated carbocycles. The van der Waals surface area contributed by atoms with Crippen LogP contribution in [0, 0.1) is 0 Å². The molecule has 6 heteroatoms. The van der Waals surface area contributed by atoms with E-state index in [1.54, 1.807) is 0 Å². The second kappa shape index (κ2) is 13.0. The summed E-state index contributed by atoms with van der Waals surface area (Å²) in [6, 6.07) is -0.716. The van der Waals surface area contributed by atoms with E-state index in [-0.39, 0.29) is 83.8 Å². The number of carbonyl (C=O) groups is 1. The van der Waals surface area contributed by atoms with Gasteiger partial charge in [-0.05, 0) is 19.4 Å². The Bertz CT molecular complexity index is 124. The van der Waals surface area contributed by atoms with E-state index in [0.717, 1.165) is 12.8 Å². The molecule has 1 atom stereocenters. The fourth-order valence-corrected chi connectivity index (χ4v) is 0.632. The molecule has 0 aliphatic heterocycles. The van der Waals surface area contributed by atoms with E-state index in [1.807, 2.05) is 0 Å². The molecule has 0 unspecified atom stereocenters. The van der Waals surface area contributed by atoms with Crippen molar-refractivity contribution in [3.05, 3.63) is 0 Å². The molecular formula is C6H16KN2NaO2. The van der Waals surface area contributed by atoms with Gasteiger partial charge in [-0.3, -0.25) is 4.79 Å². The molecule has 0 aliphatic rings. The van der Waals surface area contributed by atoms with Crippen molar-refractivity contribution in [3.63, 3.8) is 0 Å². The van der Waals surface area contributed by atoms with Crippen LogP contribution in [-0.2, 0) is 4.79 Å². The Morgan fingerprint density at radius 2 is 2.00 bits per heavy atom. The SMILES string of the molecule is NCCCC[C@H](N)C(=O)O.[H-].[H-].[K+].[Na+]. The van der Waals surface area contributed by atoms with E-state index >= 15 is 0 Å². The van der Waals surface area contributed by atoms with Gasteiger partial charge in [-0.2, -0.15) is 0 Å². The van der Waals surface area contributed by atoms with Crippen LogP contribution >= 0.6 is 0 Å². The van der Waals surface area contributed by atoms with Crippen molar-refractivity contribution < 1.29 is 93.7 Å². The smallest absolute Gasteiger partial charge is 1.00 e. The molecule has 0 aliphatic carbocycles. The molecule has 0 heterocycles. The Kier molecular flexibility index (Phi) is 21.3. The zero-order valence-corrected chi connectivity index (χ0v) is 13.0. The van der Waals surface area contributed by atoms with Gasteiger partial charge in [-0.1, -0.05) is 6.42 Å². The number of aliphatic carboxylic acids is 1. The molecule has 0 bridgehead atoms. The van der Waals surface area contributed by atoms with Crippen molar-refractivity contribution in [3.8, 4) is 0 Å². The van der Waals surface area contributed by atoms with E-state index in [0.29, 0.717) is 13.0 Å². The summed E-state index contributed by atoms with van der Waals surface area (Å²) < 4.78 is 0. The molecular weight excluding hydrogens is 194 g/mol. The Morgan fingerprint density at radius 3 is 2.33 bits per heavy atom.